The van der Waals surface area contributed by atoms with E-state index in [1.54, 1.807) is 0 Å². The molecular formula is C25H40O4S2. The summed E-state index contributed by atoms with van der Waals surface area (Å²) in [6.07, 6.45) is 7.71. The van der Waals surface area contributed by atoms with Gasteiger partial charge < -0.3 is 19.3 Å². The van der Waals surface area contributed by atoms with Crippen LogP contribution in [0, 0.1) is 10.8 Å². The summed E-state index contributed by atoms with van der Waals surface area (Å²) in [6, 6.07) is 7.99. The highest BCUT2D eigenvalue weighted by molar-refractivity contribution is 7.25. The minimum Gasteiger partial charge on any atom is -0.590 e. The number of rotatable bonds is 14. The Kier molecular flexibility index (Phi) is 10.2. The molecule has 0 aliphatic heterocycles. The lowest BCUT2D eigenvalue weighted by molar-refractivity contribution is 0.148. The van der Waals surface area contributed by atoms with Crippen molar-refractivity contribution in [3.63, 3.8) is 0 Å². The molecule has 2 aromatic heterocycles. The Labute approximate surface area is 194 Å². The largest absolute Gasteiger partial charge is 0.590 e. The Bertz CT molecular complexity index is 738. The van der Waals surface area contributed by atoms with Crippen LogP contribution in [-0.4, -0.2) is 32.5 Å². The summed E-state index contributed by atoms with van der Waals surface area (Å²) in [4.78, 5) is 3.92. The van der Waals surface area contributed by atoms with E-state index in [4.69, 9.17) is 0 Å². The number of aryl methyl sites for hydroxylation is 4. The normalized spacial score (nSPS) is 13.8. The molecule has 2 aromatic rings. The van der Waals surface area contributed by atoms with Gasteiger partial charge >= 0.3 is 0 Å². The molecule has 0 aliphatic carbocycles. The topological polar surface area (TPSA) is 86.6 Å². The van der Waals surface area contributed by atoms with E-state index in [9.17, 15) is 19.3 Å². The van der Waals surface area contributed by atoms with Crippen LogP contribution in [0.3, 0.4) is 0 Å². The summed E-state index contributed by atoms with van der Waals surface area (Å²) < 4.78 is 25.4. The highest BCUT2D eigenvalue weighted by Crippen LogP contribution is 2.34. The molecule has 2 unspecified atom stereocenters. The van der Waals surface area contributed by atoms with Gasteiger partial charge in [-0.15, -0.1) is 0 Å². The number of hydrogen-bond acceptors (Lipinski definition) is 4. The monoisotopic (exact) mass is 468 g/mol. The predicted molar refractivity (Wildman–Crippen MR) is 130 cm³/mol. The summed E-state index contributed by atoms with van der Waals surface area (Å²) in [5, 5.41) is 18.7. The number of aliphatic hydroxyl groups excluding tert-OH is 2. The molecule has 0 fully saturated rings. The lowest BCUT2D eigenvalue weighted by Gasteiger charge is -2.20. The molecule has 31 heavy (non-hydrogen) atoms. The SMILES string of the molecule is CC(C)(CO)CCCc1ccc(CCCc2ccc(CCCC(C)(C)CO)[s+]2[O-])[s+]1[O-]. The van der Waals surface area contributed by atoms with Crippen molar-refractivity contribution >= 4 is 21.5 Å². The fraction of sp³-hybridized carbons (Fsp3) is 0.680. The van der Waals surface area contributed by atoms with Crippen molar-refractivity contribution in [3.8, 4) is 0 Å². The van der Waals surface area contributed by atoms with Gasteiger partial charge in [-0.3, -0.25) is 0 Å². The molecule has 0 aliphatic rings. The van der Waals surface area contributed by atoms with Crippen LogP contribution >= 0.6 is 21.5 Å². The zero-order chi connectivity index (χ0) is 23.1. The zero-order valence-electron chi connectivity index (χ0n) is 19.6. The number of hydrogen-bond donors (Lipinski definition) is 2. The van der Waals surface area contributed by atoms with Crippen LogP contribution in [0.5, 0.6) is 0 Å². The number of thiophene rings is 2. The van der Waals surface area contributed by atoms with Gasteiger partial charge in [-0.2, -0.15) is 0 Å². The quantitative estimate of drug-likeness (QED) is 0.333. The van der Waals surface area contributed by atoms with Gasteiger partial charge in [-0.25, -0.2) is 0 Å². The van der Waals surface area contributed by atoms with Gasteiger partial charge in [0, 0.05) is 38.9 Å². The summed E-state index contributed by atoms with van der Waals surface area (Å²) in [5.74, 6) is 0. The molecule has 0 radical (unpaired) electrons. The second-order valence-corrected chi connectivity index (χ2v) is 13.4. The van der Waals surface area contributed by atoms with E-state index in [0.717, 1.165) is 77.3 Å². The fourth-order valence-corrected chi connectivity index (χ4v) is 6.50. The van der Waals surface area contributed by atoms with E-state index >= 15 is 0 Å². The van der Waals surface area contributed by atoms with Crippen molar-refractivity contribution in [2.24, 2.45) is 10.8 Å². The molecule has 0 aromatic carbocycles. The van der Waals surface area contributed by atoms with Gasteiger partial charge in [0.1, 0.15) is 19.5 Å². The Morgan fingerprint density at radius 2 is 0.903 bits per heavy atom. The van der Waals surface area contributed by atoms with Gasteiger partial charge in [0.15, 0.2) is 0 Å². The second-order valence-electron chi connectivity index (χ2n) is 10.3. The minimum absolute atomic E-state index is 0.0799. The Morgan fingerprint density at radius 3 is 1.19 bits per heavy atom. The highest BCUT2D eigenvalue weighted by atomic mass is 32.2. The van der Waals surface area contributed by atoms with Gasteiger partial charge in [0.25, 0.3) is 0 Å². The first-order valence-electron chi connectivity index (χ1n) is 11.4. The van der Waals surface area contributed by atoms with Crippen LogP contribution in [0.1, 0.15) is 79.3 Å². The predicted octanol–water partition coefficient (Wildman–Crippen LogP) is 6.00. The third-order valence-electron chi connectivity index (χ3n) is 6.12. The van der Waals surface area contributed by atoms with Crippen molar-refractivity contribution in [2.45, 2.75) is 85.5 Å². The van der Waals surface area contributed by atoms with Crippen LogP contribution in [0.15, 0.2) is 24.3 Å². The van der Waals surface area contributed by atoms with Crippen molar-refractivity contribution < 1.29 is 19.3 Å². The third kappa shape index (κ3) is 8.26. The van der Waals surface area contributed by atoms with Crippen molar-refractivity contribution in [1.29, 1.82) is 0 Å². The first kappa shape index (κ1) is 26.5. The maximum absolute atomic E-state index is 12.7. The Hall–Kier alpha value is -0.760. The van der Waals surface area contributed by atoms with Gasteiger partial charge in [-0.1, -0.05) is 49.2 Å². The summed E-state index contributed by atoms with van der Waals surface area (Å²) in [7, 11) is -2.06. The molecule has 6 heteroatoms. The molecule has 0 spiro atoms. The third-order valence-corrected chi connectivity index (χ3v) is 9.38. The van der Waals surface area contributed by atoms with Gasteiger partial charge in [-0.05, 0) is 67.2 Å². The van der Waals surface area contributed by atoms with Gasteiger partial charge in [0.05, 0.1) is 0 Å². The highest BCUT2D eigenvalue weighted by Gasteiger charge is 2.20. The van der Waals surface area contributed by atoms with Gasteiger partial charge in [0.2, 0.25) is 0 Å². The molecule has 2 heterocycles. The van der Waals surface area contributed by atoms with Crippen LogP contribution < -0.4 is 0 Å². The first-order valence-corrected chi connectivity index (χ1v) is 13.7. The molecular weight excluding hydrogens is 428 g/mol. The minimum atomic E-state index is -1.03. The maximum atomic E-state index is 12.7. The average Bonchev–Trinajstić information content (AvgIpc) is 3.25. The van der Waals surface area contributed by atoms with Crippen LogP contribution in [0.4, 0.5) is 0 Å². The van der Waals surface area contributed by atoms with E-state index in [1.807, 2.05) is 24.3 Å². The zero-order valence-corrected chi connectivity index (χ0v) is 21.2. The van der Waals surface area contributed by atoms with E-state index < -0.39 is 21.5 Å². The molecule has 0 saturated carbocycles. The molecule has 0 amide bonds. The van der Waals surface area contributed by atoms with E-state index in [-0.39, 0.29) is 24.0 Å². The summed E-state index contributed by atoms with van der Waals surface area (Å²) in [5.41, 5.74) is -0.160. The molecule has 4 nitrogen and oxygen atoms in total. The Morgan fingerprint density at radius 1 is 0.613 bits per heavy atom. The summed E-state index contributed by atoms with van der Waals surface area (Å²) in [6.45, 7) is 8.55. The molecule has 2 N–H and O–H groups in total. The van der Waals surface area contributed by atoms with E-state index in [1.165, 1.54) is 0 Å². The van der Waals surface area contributed by atoms with Crippen molar-refractivity contribution in [1.82, 2.24) is 0 Å². The fourth-order valence-electron chi connectivity index (χ4n) is 3.74. The van der Waals surface area contributed by atoms with E-state index in [2.05, 4.69) is 27.7 Å². The number of aliphatic hydroxyl groups is 2. The lowest BCUT2D eigenvalue weighted by atomic mass is 9.88. The Balaban J connectivity index is 1.79. The first-order chi connectivity index (χ1) is 14.6. The van der Waals surface area contributed by atoms with Crippen molar-refractivity contribution in [3.05, 3.63) is 43.8 Å². The summed E-state index contributed by atoms with van der Waals surface area (Å²) >= 11 is 0. The lowest BCUT2D eigenvalue weighted by Crippen LogP contribution is -2.16. The average molecular weight is 469 g/mol. The van der Waals surface area contributed by atoms with Crippen LogP contribution in [0.25, 0.3) is 0 Å². The van der Waals surface area contributed by atoms with Crippen molar-refractivity contribution in [2.75, 3.05) is 13.2 Å². The van der Waals surface area contributed by atoms with E-state index in [0.29, 0.717) is 0 Å². The maximum Gasteiger partial charge on any atom is 0.149 e. The molecule has 0 bridgehead atoms. The second kappa shape index (κ2) is 11.9. The molecule has 176 valence electrons. The molecule has 0 saturated heterocycles. The van der Waals surface area contributed by atoms with Crippen LogP contribution in [0.2, 0.25) is 0 Å². The van der Waals surface area contributed by atoms with Crippen LogP contribution in [-0.2, 0) is 25.7 Å². The smallest absolute Gasteiger partial charge is 0.149 e. The molecule has 2 rings (SSSR count). The molecule has 2 atom stereocenters. The standard InChI is InChI=1S/C25H40O4S2/c1-24(2,18-26)16-6-10-22-14-12-20(30(22)28)8-5-9-21-13-15-23(31(21)29)11-7-17-25(3,4)19-27/h12-15,26-27H,5-11,16-19H2,1-4H3.